The third kappa shape index (κ3) is 3.51. The van der Waals surface area contributed by atoms with Crippen LogP contribution >= 0.6 is 0 Å². The molecule has 0 saturated carbocycles. The second kappa shape index (κ2) is 5.61. The Labute approximate surface area is 103 Å². The molecule has 1 saturated heterocycles. The molecule has 3 heteroatoms. The fourth-order valence-electron chi connectivity index (χ4n) is 2.26. The molecule has 0 bridgehead atoms. The topological polar surface area (TPSA) is 15.3 Å². The number of nitrogens with zero attached hydrogens (tertiary/aromatic N) is 1. The van der Waals surface area contributed by atoms with E-state index in [1.807, 2.05) is 19.1 Å². The summed E-state index contributed by atoms with van der Waals surface area (Å²) in [6, 6.07) is 5.99. The molecule has 0 aromatic heterocycles. The van der Waals surface area contributed by atoms with E-state index in [1.54, 1.807) is 6.07 Å². The third-order valence-electron chi connectivity index (χ3n) is 3.51. The van der Waals surface area contributed by atoms with Crippen LogP contribution in [0, 0.1) is 12.7 Å². The zero-order valence-electron chi connectivity index (χ0n) is 10.7. The van der Waals surface area contributed by atoms with Gasteiger partial charge in [0.2, 0.25) is 0 Å². The normalized spacial score (nSPS) is 18.5. The van der Waals surface area contributed by atoms with Crippen LogP contribution < -0.4 is 5.32 Å². The summed E-state index contributed by atoms with van der Waals surface area (Å²) in [5.74, 6) is -0.0922. The Hall–Kier alpha value is -0.930. The van der Waals surface area contributed by atoms with Gasteiger partial charge in [-0.05, 0) is 51.5 Å². The first kappa shape index (κ1) is 12.5. The van der Waals surface area contributed by atoms with Gasteiger partial charge in [0.05, 0.1) is 0 Å². The number of nitrogens with one attached hydrogen (secondary N) is 1. The standard InChI is InChI=1S/C14H21FN2/c1-11-3-4-12(14(15)9-11)10-16-13-5-7-17(2)8-6-13/h3-4,9,13,16H,5-8,10H2,1-2H3. The number of hydrogen-bond donors (Lipinski definition) is 1. The summed E-state index contributed by atoms with van der Waals surface area (Å²) in [5.41, 5.74) is 1.75. The van der Waals surface area contributed by atoms with E-state index in [1.165, 1.54) is 0 Å². The van der Waals surface area contributed by atoms with E-state index < -0.39 is 0 Å². The summed E-state index contributed by atoms with van der Waals surface area (Å²) in [7, 11) is 2.15. The third-order valence-corrected chi connectivity index (χ3v) is 3.51. The Morgan fingerprint density at radius 1 is 1.35 bits per heavy atom. The average Bonchev–Trinajstić information content (AvgIpc) is 2.30. The summed E-state index contributed by atoms with van der Waals surface area (Å²) in [6.07, 6.45) is 2.31. The zero-order valence-corrected chi connectivity index (χ0v) is 10.7. The minimum atomic E-state index is -0.0922. The van der Waals surface area contributed by atoms with Crippen LogP contribution in [-0.2, 0) is 6.54 Å². The molecule has 0 radical (unpaired) electrons. The van der Waals surface area contributed by atoms with Crippen LogP contribution in [0.25, 0.3) is 0 Å². The molecule has 0 aliphatic carbocycles. The summed E-state index contributed by atoms with van der Waals surface area (Å²) in [4.78, 5) is 2.34. The van der Waals surface area contributed by atoms with Crippen molar-refractivity contribution in [2.45, 2.75) is 32.4 Å². The molecule has 1 aromatic rings. The van der Waals surface area contributed by atoms with Crippen LogP contribution in [0.5, 0.6) is 0 Å². The predicted octanol–water partition coefficient (Wildman–Crippen LogP) is 2.32. The molecule has 0 amide bonds. The molecule has 1 N–H and O–H groups in total. The molecule has 1 heterocycles. The lowest BCUT2D eigenvalue weighted by Crippen LogP contribution is -2.40. The fraction of sp³-hybridized carbons (Fsp3) is 0.571. The molecule has 0 spiro atoms. The van der Waals surface area contributed by atoms with Crippen molar-refractivity contribution in [1.29, 1.82) is 0 Å². The molecular formula is C14H21FN2. The number of halogens is 1. The van der Waals surface area contributed by atoms with Gasteiger partial charge in [0, 0.05) is 18.2 Å². The molecule has 1 aliphatic rings. The van der Waals surface area contributed by atoms with E-state index in [0.29, 0.717) is 12.6 Å². The van der Waals surface area contributed by atoms with Crippen LogP contribution in [0.15, 0.2) is 18.2 Å². The van der Waals surface area contributed by atoms with Gasteiger partial charge in [-0.3, -0.25) is 0 Å². The van der Waals surface area contributed by atoms with Crippen molar-refractivity contribution in [3.05, 3.63) is 35.1 Å². The largest absolute Gasteiger partial charge is 0.310 e. The van der Waals surface area contributed by atoms with Gasteiger partial charge < -0.3 is 10.2 Å². The second-order valence-corrected chi connectivity index (χ2v) is 5.05. The van der Waals surface area contributed by atoms with Gasteiger partial charge in [-0.25, -0.2) is 4.39 Å². The van der Waals surface area contributed by atoms with Crippen molar-refractivity contribution in [3.63, 3.8) is 0 Å². The molecule has 17 heavy (non-hydrogen) atoms. The van der Waals surface area contributed by atoms with E-state index in [4.69, 9.17) is 0 Å². The lowest BCUT2D eigenvalue weighted by atomic mass is 10.0. The molecule has 94 valence electrons. The van der Waals surface area contributed by atoms with E-state index in [9.17, 15) is 4.39 Å². The van der Waals surface area contributed by atoms with Crippen LogP contribution in [0.2, 0.25) is 0 Å². The van der Waals surface area contributed by atoms with E-state index in [0.717, 1.165) is 37.1 Å². The summed E-state index contributed by atoms with van der Waals surface area (Å²) >= 11 is 0. The second-order valence-electron chi connectivity index (χ2n) is 5.05. The molecule has 1 fully saturated rings. The highest BCUT2D eigenvalue weighted by Gasteiger charge is 2.16. The van der Waals surface area contributed by atoms with Crippen molar-refractivity contribution in [3.8, 4) is 0 Å². The lowest BCUT2D eigenvalue weighted by molar-refractivity contribution is 0.233. The lowest BCUT2D eigenvalue weighted by Gasteiger charge is -2.29. The number of rotatable bonds is 3. The van der Waals surface area contributed by atoms with Crippen LogP contribution in [0.3, 0.4) is 0 Å². The van der Waals surface area contributed by atoms with Gasteiger partial charge in [0.1, 0.15) is 5.82 Å². The maximum atomic E-state index is 13.6. The molecule has 2 nitrogen and oxygen atoms in total. The number of piperidine rings is 1. The highest BCUT2D eigenvalue weighted by Crippen LogP contribution is 2.12. The molecule has 0 atom stereocenters. The van der Waals surface area contributed by atoms with Crippen molar-refractivity contribution in [2.75, 3.05) is 20.1 Å². The molecule has 0 unspecified atom stereocenters. The number of aryl methyl sites for hydroxylation is 1. The minimum Gasteiger partial charge on any atom is -0.310 e. The smallest absolute Gasteiger partial charge is 0.127 e. The molecule has 1 aliphatic heterocycles. The van der Waals surface area contributed by atoms with Gasteiger partial charge in [0.15, 0.2) is 0 Å². The first-order valence-corrected chi connectivity index (χ1v) is 6.32. The maximum absolute atomic E-state index is 13.6. The van der Waals surface area contributed by atoms with Crippen LogP contribution in [0.4, 0.5) is 4.39 Å². The van der Waals surface area contributed by atoms with E-state index in [-0.39, 0.29) is 5.82 Å². The van der Waals surface area contributed by atoms with Gasteiger partial charge in [0.25, 0.3) is 0 Å². The van der Waals surface area contributed by atoms with E-state index >= 15 is 0 Å². The first-order chi connectivity index (χ1) is 8.15. The number of benzene rings is 1. The summed E-state index contributed by atoms with van der Waals surface area (Å²) in [6.45, 7) is 4.82. The van der Waals surface area contributed by atoms with Gasteiger partial charge >= 0.3 is 0 Å². The minimum absolute atomic E-state index is 0.0922. The predicted molar refractivity (Wildman–Crippen MR) is 68.5 cm³/mol. The number of likely N-dealkylation sites (tertiary alicyclic amines) is 1. The highest BCUT2D eigenvalue weighted by molar-refractivity contribution is 5.23. The number of hydrogen-bond acceptors (Lipinski definition) is 2. The molecule has 2 rings (SSSR count). The van der Waals surface area contributed by atoms with Crippen molar-refractivity contribution in [1.82, 2.24) is 10.2 Å². The first-order valence-electron chi connectivity index (χ1n) is 6.32. The molecular weight excluding hydrogens is 215 g/mol. The fourth-order valence-corrected chi connectivity index (χ4v) is 2.26. The summed E-state index contributed by atoms with van der Waals surface area (Å²) in [5, 5.41) is 3.45. The molecule has 1 aromatic carbocycles. The Morgan fingerprint density at radius 3 is 2.71 bits per heavy atom. The van der Waals surface area contributed by atoms with E-state index in [2.05, 4.69) is 17.3 Å². The Balaban J connectivity index is 1.85. The van der Waals surface area contributed by atoms with Gasteiger partial charge in [-0.2, -0.15) is 0 Å². The SMILES string of the molecule is Cc1ccc(CNC2CCN(C)CC2)c(F)c1. The van der Waals surface area contributed by atoms with Crippen LogP contribution in [0.1, 0.15) is 24.0 Å². The average molecular weight is 236 g/mol. The quantitative estimate of drug-likeness (QED) is 0.866. The summed E-state index contributed by atoms with van der Waals surface area (Å²) < 4.78 is 13.6. The van der Waals surface area contributed by atoms with Crippen molar-refractivity contribution < 1.29 is 4.39 Å². The highest BCUT2D eigenvalue weighted by atomic mass is 19.1. The van der Waals surface area contributed by atoms with Gasteiger partial charge in [-0.1, -0.05) is 12.1 Å². The van der Waals surface area contributed by atoms with Gasteiger partial charge in [-0.15, -0.1) is 0 Å². The Bertz CT molecular complexity index is 370. The van der Waals surface area contributed by atoms with Crippen LogP contribution in [-0.4, -0.2) is 31.1 Å². The Kier molecular flexibility index (Phi) is 4.13. The maximum Gasteiger partial charge on any atom is 0.127 e. The zero-order chi connectivity index (χ0) is 12.3. The van der Waals surface area contributed by atoms with Crippen molar-refractivity contribution >= 4 is 0 Å². The van der Waals surface area contributed by atoms with Crippen molar-refractivity contribution in [2.24, 2.45) is 0 Å². The monoisotopic (exact) mass is 236 g/mol. The Morgan fingerprint density at radius 2 is 2.06 bits per heavy atom.